The van der Waals surface area contributed by atoms with Crippen LogP contribution in [-0.2, 0) is 0 Å². The largest absolute Gasteiger partial charge is 0.487 e. The van der Waals surface area contributed by atoms with Crippen molar-refractivity contribution < 1.29 is 13.9 Å². The number of H-pyrrole nitrogens is 1. The predicted octanol–water partition coefficient (Wildman–Crippen LogP) is 1.81. The molecule has 0 bridgehead atoms. The number of para-hydroxylation sites is 1. The number of amides is 1. The highest BCUT2D eigenvalue weighted by molar-refractivity contribution is 5.93. The molecule has 1 amide bonds. The summed E-state index contributed by atoms with van der Waals surface area (Å²) in [5.74, 6) is 0.0530. The van der Waals surface area contributed by atoms with E-state index in [0.29, 0.717) is 37.4 Å². The number of piperidine rings is 1. The zero-order valence-corrected chi connectivity index (χ0v) is 12.0. The number of likely N-dealkylation sites (tertiary alicyclic amines) is 1. The van der Waals surface area contributed by atoms with Crippen molar-refractivity contribution in [3.05, 3.63) is 41.8 Å². The van der Waals surface area contributed by atoms with Gasteiger partial charge in [-0.1, -0.05) is 12.1 Å². The fourth-order valence-corrected chi connectivity index (χ4v) is 2.51. The number of nitrogens with one attached hydrogen (secondary N) is 1. The van der Waals surface area contributed by atoms with Crippen LogP contribution in [0.2, 0.25) is 0 Å². The third-order valence-corrected chi connectivity index (χ3v) is 3.69. The van der Waals surface area contributed by atoms with Gasteiger partial charge >= 0.3 is 0 Å². The molecule has 0 atom stereocenters. The smallest absolute Gasteiger partial charge is 0.271 e. The average Bonchev–Trinajstić information content (AvgIpc) is 2.96. The SMILES string of the molecule is Nc1cc(C(=O)N2CCC(Oc3ccccc3F)CC2)[nH]n1. The second-order valence-corrected chi connectivity index (χ2v) is 5.25. The molecule has 116 valence electrons. The van der Waals surface area contributed by atoms with E-state index < -0.39 is 0 Å². The summed E-state index contributed by atoms with van der Waals surface area (Å²) in [5.41, 5.74) is 5.88. The van der Waals surface area contributed by atoms with Gasteiger partial charge in [0.25, 0.3) is 5.91 Å². The number of halogens is 1. The second-order valence-electron chi connectivity index (χ2n) is 5.25. The number of aromatic amines is 1. The summed E-state index contributed by atoms with van der Waals surface area (Å²) in [6.45, 7) is 1.10. The van der Waals surface area contributed by atoms with Crippen LogP contribution in [0.3, 0.4) is 0 Å². The van der Waals surface area contributed by atoms with E-state index in [4.69, 9.17) is 10.5 Å². The highest BCUT2D eigenvalue weighted by atomic mass is 19.1. The van der Waals surface area contributed by atoms with Crippen molar-refractivity contribution in [3.8, 4) is 5.75 Å². The number of rotatable bonds is 3. The lowest BCUT2D eigenvalue weighted by Gasteiger charge is -2.31. The topological polar surface area (TPSA) is 84.2 Å². The van der Waals surface area contributed by atoms with Gasteiger partial charge in [-0.3, -0.25) is 9.89 Å². The van der Waals surface area contributed by atoms with Crippen molar-refractivity contribution in [1.82, 2.24) is 15.1 Å². The van der Waals surface area contributed by atoms with Crippen molar-refractivity contribution in [1.29, 1.82) is 0 Å². The molecule has 0 aliphatic carbocycles. The minimum Gasteiger partial charge on any atom is -0.487 e. The predicted molar refractivity (Wildman–Crippen MR) is 79.0 cm³/mol. The van der Waals surface area contributed by atoms with Crippen molar-refractivity contribution in [2.24, 2.45) is 0 Å². The van der Waals surface area contributed by atoms with Crippen molar-refractivity contribution in [2.75, 3.05) is 18.8 Å². The minimum absolute atomic E-state index is 0.0900. The molecule has 3 rings (SSSR count). The van der Waals surface area contributed by atoms with Crippen LogP contribution >= 0.6 is 0 Å². The lowest BCUT2D eigenvalue weighted by molar-refractivity contribution is 0.0583. The lowest BCUT2D eigenvalue weighted by atomic mass is 10.1. The average molecular weight is 304 g/mol. The first-order valence-corrected chi connectivity index (χ1v) is 7.15. The molecule has 1 aliphatic heterocycles. The van der Waals surface area contributed by atoms with E-state index in [-0.39, 0.29) is 23.6 Å². The number of aromatic nitrogens is 2. The van der Waals surface area contributed by atoms with E-state index in [1.54, 1.807) is 23.1 Å². The number of benzene rings is 1. The number of ether oxygens (including phenoxy) is 1. The van der Waals surface area contributed by atoms with Gasteiger partial charge in [-0.25, -0.2) is 4.39 Å². The first-order valence-electron chi connectivity index (χ1n) is 7.15. The number of anilines is 1. The molecule has 0 spiro atoms. The van der Waals surface area contributed by atoms with Crippen molar-refractivity contribution in [3.63, 3.8) is 0 Å². The van der Waals surface area contributed by atoms with Crippen LogP contribution in [0.4, 0.5) is 10.2 Å². The fourth-order valence-electron chi connectivity index (χ4n) is 2.51. The maximum absolute atomic E-state index is 13.6. The highest BCUT2D eigenvalue weighted by Gasteiger charge is 2.26. The molecule has 1 aromatic carbocycles. The number of nitrogen functional groups attached to an aromatic ring is 1. The summed E-state index contributed by atoms with van der Waals surface area (Å²) < 4.78 is 19.2. The number of hydrogen-bond acceptors (Lipinski definition) is 4. The quantitative estimate of drug-likeness (QED) is 0.906. The van der Waals surface area contributed by atoms with E-state index in [2.05, 4.69) is 10.2 Å². The Balaban J connectivity index is 1.56. The molecule has 0 unspecified atom stereocenters. The van der Waals surface area contributed by atoms with E-state index in [1.165, 1.54) is 12.1 Å². The van der Waals surface area contributed by atoms with Gasteiger partial charge in [0.15, 0.2) is 11.6 Å². The van der Waals surface area contributed by atoms with Crippen LogP contribution < -0.4 is 10.5 Å². The van der Waals surface area contributed by atoms with E-state index in [9.17, 15) is 9.18 Å². The Hall–Kier alpha value is -2.57. The maximum Gasteiger partial charge on any atom is 0.271 e. The number of carbonyl (C=O) groups is 1. The standard InChI is InChI=1S/C15H17FN4O2/c16-11-3-1-2-4-13(11)22-10-5-7-20(8-6-10)15(21)12-9-14(17)19-18-12/h1-4,9-10H,5-8H2,(H3,17,18,19). The molecule has 0 radical (unpaired) electrons. The van der Waals surface area contributed by atoms with E-state index >= 15 is 0 Å². The van der Waals surface area contributed by atoms with Gasteiger partial charge in [0.05, 0.1) is 0 Å². The highest BCUT2D eigenvalue weighted by Crippen LogP contribution is 2.22. The summed E-state index contributed by atoms with van der Waals surface area (Å²) in [6, 6.07) is 7.86. The van der Waals surface area contributed by atoms with Crippen LogP contribution in [0.5, 0.6) is 5.75 Å². The molecule has 1 fully saturated rings. The minimum atomic E-state index is -0.367. The van der Waals surface area contributed by atoms with Gasteiger partial charge in [0, 0.05) is 32.0 Å². The molecular formula is C15H17FN4O2. The first kappa shape index (κ1) is 14.4. The zero-order chi connectivity index (χ0) is 15.5. The normalized spacial score (nSPS) is 15.8. The van der Waals surface area contributed by atoms with Gasteiger partial charge in [-0.15, -0.1) is 0 Å². The maximum atomic E-state index is 13.6. The molecule has 3 N–H and O–H groups in total. The number of nitrogens with zero attached hydrogens (tertiary/aromatic N) is 2. The Morgan fingerprint density at radius 1 is 1.36 bits per heavy atom. The molecule has 2 heterocycles. The molecule has 1 aromatic heterocycles. The Bertz CT molecular complexity index is 665. The fraction of sp³-hybridized carbons (Fsp3) is 0.333. The third kappa shape index (κ3) is 3.03. The second kappa shape index (κ2) is 6.05. The molecule has 2 aromatic rings. The van der Waals surface area contributed by atoms with Crippen LogP contribution in [-0.4, -0.2) is 40.2 Å². The molecule has 1 aliphatic rings. The first-order chi connectivity index (χ1) is 10.6. The van der Waals surface area contributed by atoms with Gasteiger partial charge in [-0.05, 0) is 12.1 Å². The summed E-state index contributed by atoms with van der Waals surface area (Å²) in [6.07, 6.45) is 1.22. The Kier molecular flexibility index (Phi) is 3.95. The summed E-state index contributed by atoms with van der Waals surface area (Å²) >= 11 is 0. The number of carbonyl (C=O) groups excluding carboxylic acids is 1. The van der Waals surface area contributed by atoms with Crippen molar-refractivity contribution >= 4 is 11.7 Å². The third-order valence-electron chi connectivity index (χ3n) is 3.69. The van der Waals surface area contributed by atoms with Gasteiger partial charge < -0.3 is 15.4 Å². The van der Waals surface area contributed by atoms with Crippen molar-refractivity contribution in [2.45, 2.75) is 18.9 Å². The number of hydrogen-bond donors (Lipinski definition) is 2. The Labute approximate surface area is 127 Å². The molecule has 1 saturated heterocycles. The van der Waals surface area contributed by atoms with Crippen LogP contribution in [0.25, 0.3) is 0 Å². The summed E-state index contributed by atoms with van der Waals surface area (Å²) in [4.78, 5) is 13.9. The van der Waals surface area contributed by atoms with Gasteiger partial charge in [0.1, 0.15) is 17.6 Å². The monoisotopic (exact) mass is 304 g/mol. The van der Waals surface area contributed by atoms with E-state index in [0.717, 1.165) is 0 Å². The van der Waals surface area contributed by atoms with Gasteiger partial charge in [-0.2, -0.15) is 5.10 Å². The molecule has 22 heavy (non-hydrogen) atoms. The Morgan fingerprint density at radius 2 is 2.09 bits per heavy atom. The lowest BCUT2D eigenvalue weighted by Crippen LogP contribution is -2.42. The van der Waals surface area contributed by atoms with Crippen LogP contribution in [0.1, 0.15) is 23.3 Å². The number of nitrogens with two attached hydrogens (primary N) is 1. The summed E-state index contributed by atoms with van der Waals surface area (Å²) in [5, 5.41) is 6.37. The summed E-state index contributed by atoms with van der Waals surface area (Å²) in [7, 11) is 0. The van der Waals surface area contributed by atoms with Crippen LogP contribution in [0, 0.1) is 5.82 Å². The van der Waals surface area contributed by atoms with Gasteiger partial charge in [0.2, 0.25) is 0 Å². The Morgan fingerprint density at radius 3 is 2.73 bits per heavy atom. The molecular weight excluding hydrogens is 287 g/mol. The molecule has 0 saturated carbocycles. The van der Waals surface area contributed by atoms with Crippen LogP contribution in [0.15, 0.2) is 30.3 Å². The molecule has 6 nitrogen and oxygen atoms in total. The van der Waals surface area contributed by atoms with E-state index in [1.807, 2.05) is 0 Å². The zero-order valence-electron chi connectivity index (χ0n) is 12.0. The molecule has 7 heteroatoms.